The monoisotopic (exact) mass is 535 g/mol. The van der Waals surface area contributed by atoms with Crippen LogP contribution < -0.4 is 15.4 Å². The first-order valence-electron chi connectivity index (χ1n) is 12.2. The van der Waals surface area contributed by atoms with E-state index in [9.17, 15) is 4.79 Å². The lowest BCUT2D eigenvalue weighted by Gasteiger charge is -2.14. The van der Waals surface area contributed by atoms with Crippen molar-refractivity contribution in [2.45, 2.75) is 32.6 Å². The lowest BCUT2D eigenvalue weighted by Crippen LogP contribution is -2.19. The Morgan fingerprint density at radius 1 is 1.00 bits per heavy atom. The summed E-state index contributed by atoms with van der Waals surface area (Å²) in [6.07, 6.45) is 0.994. The summed E-state index contributed by atoms with van der Waals surface area (Å²) < 4.78 is 10.2. The van der Waals surface area contributed by atoms with Crippen molar-refractivity contribution >= 4 is 40.4 Å². The van der Waals surface area contributed by atoms with Crippen LogP contribution in [0.25, 0.3) is 21.8 Å². The molecule has 37 heavy (non-hydrogen) atoms. The molecule has 7 nitrogen and oxygen atoms in total. The van der Waals surface area contributed by atoms with Gasteiger partial charge in [0.25, 0.3) is 0 Å². The SMILES string of the molecule is CN(C)CCCOc1ccc(-c2nc(-c3ccc(NC(=O)Nc4cc(C(C)(C)C)sn4)cc3)cs2)cc1. The number of benzene rings is 2. The van der Waals surface area contributed by atoms with Gasteiger partial charge >= 0.3 is 6.03 Å². The summed E-state index contributed by atoms with van der Waals surface area (Å²) in [6, 6.07) is 17.3. The second kappa shape index (κ2) is 11.9. The number of rotatable bonds is 9. The lowest BCUT2D eigenvalue weighted by molar-refractivity contribution is 0.262. The Kier molecular flexibility index (Phi) is 8.58. The number of nitrogens with one attached hydrogen (secondary N) is 2. The topological polar surface area (TPSA) is 79.4 Å². The van der Waals surface area contributed by atoms with Crippen LogP contribution in [-0.2, 0) is 5.41 Å². The number of urea groups is 1. The molecule has 0 unspecified atom stereocenters. The van der Waals surface area contributed by atoms with E-state index < -0.39 is 0 Å². The van der Waals surface area contributed by atoms with Crippen LogP contribution in [0.5, 0.6) is 5.75 Å². The van der Waals surface area contributed by atoms with Crippen molar-refractivity contribution in [2.24, 2.45) is 0 Å². The van der Waals surface area contributed by atoms with Gasteiger partial charge in [-0.2, -0.15) is 4.37 Å². The average molecular weight is 536 g/mol. The number of anilines is 2. The number of ether oxygens (including phenoxy) is 1. The molecule has 0 aliphatic carbocycles. The molecule has 0 bridgehead atoms. The maximum absolute atomic E-state index is 12.4. The summed E-state index contributed by atoms with van der Waals surface area (Å²) in [5.41, 5.74) is 3.65. The molecular formula is C28H33N5O2S2. The van der Waals surface area contributed by atoms with Crippen molar-refractivity contribution < 1.29 is 9.53 Å². The van der Waals surface area contributed by atoms with E-state index in [0.717, 1.165) is 45.4 Å². The second-order valence-corrected chi connectivity index (χ2v) is 11.7. The molecule has 2 aromatic heterocycles. The summed E-state index contributed by atoms with van der Waals surface area (Å²) in [6.45, 7) is 8.08. The van der Waals surface area contributed by atoms with Gasteiger partial charge in [-0.1, -0.05) is 32.9 Å². The van der Waals surface area contributed by atoms with Crippen molar-refractivity contribution in [3.05, 3.63) is 64.9 Å². The van der Waals surface area contributed by atoms with Gasteiger partial charge in [0.2, 0.25) is 0 Å². The maximum Gasteiger partial charge on any atom is 0.324 e. The molecule has 0 fully saturated rings. The molecule has 194 valence electrons. The molecular weight excluding hydrogens is 502 g/mol. The van der Waals surface area contributed by atoms with Crippen molar-refractivity contribution in [1.29, 1.82) is 0 Å². The van der Waals surface area contributed by atoms with Gasteiger partial charge in [0, 0.05) is 33.6 Å². The molecule has 0 atom stereocenters. The Morgan fingerprint density at radius 2 is 1.70 bits per heavy atom. The standard InChI is InChI=1S/C28H33N5O2S2/c1-28(2,3)24-17-25(32-37-24)31-27(34)29-21-11-7-19(8-12-21)23-18-36-26(30-23)20-9-13-22(14-10-20)35-16-6-15-33(4)5/h7-14,17-18H,6,15-16H2,1-5H3,(H2,29,31,32,34). The zero-order valence-electron chi connectivity index (χ0n) is 21.9. The quantitative estimate of drug-likeness (QED) is 0.222. The van der Waals surface area contributed by atoms with Gasteiger partial charge in [-0.15, -0.1) is 11.3 Å². The van der Waals surface area contributed by atoms with E-state index in [1.54, 1.807) is 11.3 Å². The molecule has 9 heteroatoms. The van der Waals surface area contributed by atoms with Crippen LogP contribution >= 0.6 is 22.9 Å². The van der Waals surface area contributed by atoms with Crippen LogP contribution in [0.1, 0.15) is 32.1 Å². The second-order valence-electron chi connectivity index (χ2n) is 10.1. The molecule has 0 spiro atoms. The number of hydrogen-bond acceptors (Lipinski definition) is 7. The number of amides is 2. The fourth-order valence-corrected chi connectivity index (χ4v) is 5.06. The summed E-state index contributed by atoms with van der Waals surface area (Å²) in [7, 11) is 4.13. The number of carbonyl (C=O) groups is 1. The van der Waals surface area contributed by atoms with E-state index in [2.05, 4.69) is 54.8 Å². The van der Waals surface area contributed by atoms with Gasteiger partial charge in [0.15, 0.2) is 0 Å². The first-order valence-corrected chi connectivity index (χ1v) is 13.8. The molecule has 4 aromatic rings. The first kappa shape index (κ1) is 26.8. The molecule has 0 saturated heterocycles. The fraction of sp³-hybridized carbons (Fsp3) is 0.321. The Labute approximate surface area is 226 Å². The molecule has 0 aliphatic rings. The van der Waals surface area contributed by atoms with Crippen LogP contribution in [0.2, 0.25) is 0 Å². The minimum absolute atomic E-state index is 0.00293. The van der Waals surface area contributed by atoms with Crippen molar-refractivity contribution in [1.82, 2.24) is 14.3 Å². The number of thiazole rings is 1. The summed E-state index contributed by atoms with van der Waals surface area (Å²) in [5.74, 6) is 1.43. The highest BCUT2D eigenvalue weighted by Gasteiger charge is 2.18. The number of hydrogen-bond donors (Lipinski definition) is 2. The maximum atomic E-state index is 12.4. The third kappa shape index (κ3) is 7.61. The van der Waals surface area contributed by atoms with Crippen molar-refractivity contribution in [2.75, 3.05) is 37.9 Å². The van der Waals surface area contributed by atoms with E-state index >= 15 is 0 Å². The van der Waals surface area contributed by atoms with Crippen molar-refractivity contribution in [3.8, 4) is 27.6 Å². The third-order valence-electron chi connectivity index (χ3n) is 5.55. The highest BCUT2D eigenvalue weighted by Crippen LogP contribution is 2.31. The number of aromatic nitrogens is 2. The van der Waals surface area contributed by atoms with Gasteiger partial charge in [0.1, 0.15) is 16.6 Å². The molecule has 0 radical (unpaired) electrons. The van der Waals surface area contributed by atoms with Gasteiger partial charge in [0.05, 0.1) is 12.3 Å². The first-order chi connectivity index (χ1) is 17.7. The Morgan fingerprint density at radius 3 is 2.35 bits per heavy atom. The highest BCUT2D eigenvalue weighted by atomic mass is 32.1. The minimum atomic E-state index is -0.320. The number of carbonyl (C=O) groups excluding carboxylic acids is 1. The molecule has 4 rings (SSSR count). The minimum Gasteiger partial charge on any atom is -0.494 e. The van der Waals surface area contributed by atoms with Crippen LogP contribution in [0.15, 0.2) is 60.0 Å². The normalized spacial score (nSPS) is 11.5. The van der Waals surface area contributed by atoms with Gasteiger partial charge in [-0.3, -0.25) is 5.32 Å². The lowest BCUT2D eigenvalue weighted by atomic mass is 9.95. The molecule has 2 aromatic carbocycles. The Balaban J connectivity index is 1.32. The van der Waals surface area contributed by atoms with Crippen LogP contribution in [0.4, 0.5) is 16.3 Å². The highest BCUT2D eigenvalue weighted by molar-refractivity contribution is 7.13. The van der Waals surface area contributed by atoms with E-state index in [0.29, 0.717) is 18.1 Å². The predicted molar refractivity (Wildman–Crippen MR) is 155 cm³/mol. The van der Waals surface area contributed by atoms with Crippen LogP contribution in [0, 0.1) is 0 Å². The zero-order chi connectivity index (χ0) is 26.4. The van der Waals surface area contributed by atoms with E-state index in [4.69, 9.17) is 9.72 Å². The van der Waals surface area contributed by atoms with Crippen LogP contribution in [0.3, 0.4) is 0 Å². The summed E-state index contributed by atoms with van der Waals surface area (Å²) >= 11 is 3.01. The molecule has 2 N–H and O–H groups in total. The third-order valence-corrected chi connectivity index (χ3v) is 7.66. The van der Waals surface area contributed by atoms with Gasteiger partial charge < -0.3 is 15.0 Å². The van der Waals surface area contributed by atoms with Gasteiger partial charge in [-0.05, 0) is 79.9 Å². The van der Waals surface area contributed by atoms with Gasteiger partial charge in [-0.25, -0.2) is 9.78 Å². The van der Waals surface area contributed by atoms with E-state index in [1.807, 2.05) is 60.0 Å². The fourth-order valence-electron chi connectivity index (χ4n) is 3.49. The predicted octanol–water partition coefficient (Wildman–Crippen LogP) is 7.21. The molecule has 2 heterocycles. The summed E-state index contributed by atoms with van der Waals surface area (Å²) in [5, 5.41) is 8.66. The van der Waals surface area contributed by atoms with E-state index in [1.165, 1.54) is 11.5 Å². The Bertz CT molecular complexity index is 1310. The average Bonchev–Trinajstić information content (AvgIpc) is 3.53. The largest absolute Gasteiger partial charge is 0.494 e. The van der Waals surface area contributed by atoms with Crippen LogP contribution in [-0.4, -0.2) is 47.5 Å². The van der Waals surface area contributed by atoms with E-state index in [-0.39, 0.29) is 11.4 Å². The smallest absolute Gasteiger partial charge is 0.324 e. The zero-order valence-corrected chi connectivity index (χ0v) is 23.5. The number of nitrogens with zero attached hydrogens (tertiary/aromatic N) is 3. The molecule has 0 saturated carbocycles. The van der Waals surface area contributed by atoms with Crippen molar-refractivity contribution in [3.63, 3.8) is 0 Å². The Hall–Kier alpha value is -3.27. The molecule has 0 aliphatic heterocycles. The summed E-state index contributed by atoms with van der Waals surface area (Å²) in [4.78, 5) is 20.5. The molecule has 2 amide bonds.